The number of carbonyl (C=O) groups excluding carboxylic acids is 2. The Morgan fingerprint density at radius 1 is 1.14 bits per heavy atom. The first-order valence-electron chi connectivity index (χ1n) is 6.15. The van der Waals surface area contributed by atoms with Gasteiger partial charge in [-0.2, -0.15) is 0 Å². The molecule has 21 heavy (non-hydrogen) atoms. The minimum Gasteiger partial charge on any atom is -0.274 e. The fourth-order valence-electron chi connectivity index (χ4n) is 1.60. The lowest BCUT2D eigenvalue weighted by Gasteiger charge is -2.00. The first kappa shape index (κ1) is 15.3. The van der Waals surface area contributed by atoms with Gasteiger partial charge in [0.1, 0.15) is 0 Å². The van der Waals surface area contributed by atoms with Gasteiger partial charge in [0.25, 0.3) is 5.91 Å². The zero-order valence-electron chi connectivity index (χ0n) is 11.2. The van der Waals surface area contributed by atoms with E-state index < -0.39 is 5.91 Å². The lowest BCUT2D eigenvalue weighted by Crippen LogP contribution is -2.39. The van der Waals surface area contributed by atoms with Crippen LogP contribution in [-0.4, -0.2) is 11.8 Å². The molecule has 0 aliphatic heterocycles. The van der Waals surface area contributed by atoms with E-state index >= 15 is 0 Å². The predicted molar refractivity (Wildman–Crippen MR) is 85.8 cm³/mol. The van der Waals surface area contributed by atoms with Crippen LogP contribution in [0.4, 0.5) is 0 Å². The first-order chi connectivity index (χ1) is 10.1. The Morgan fingerprint density at radius 3 is 2.62 bits per heavy atom. The Balaban J connectivity index is 2.05. The Labute approximate surface area is 131 Å². The first-order valence-corrected chi connectivity index (χ1v) is 7.35. The third-order valence-corrected chi connectivity index (χ3v) is 3.94. The van der Waals surface area contributed by atoms with E-state index in [-0.39, 0.29) is 5.91 Å². The lowest BCUT2D eigenvalue weighted by molar-refractivity contribution is -0.125. The molecule has 0 unspecified atom stereocenters. The summed E-state index contributed by atoms with van der Waals surface area (Å²) < 4.78 is 0. The zero-order valence-corrected chi connectivity index (χ0v) is 12.8. The molecule has 0 fully saturated rings. The van der Waals surface area contributed by atoms with Gasteiger partial charge in [-0.05, 0) is 24.3 Å². The summed E-state index contributed by atoms with van der Waals surface area (Å²) >= 11 is 7.68. The molecule has 0 saturated heterocycles. The highest BCUT2D eigenvalue weighted by Crippen LogP contribution is 2.33. The number of thiophene rings is 1. The second-order valence-electron chi connectivity index (χ2n) is 4.19. The number of hydrazine groups is 1. The molecule has 0 aliphatic rings. The molecule has 1 aromatic carbocycles. The molecule has 0 aliphatic carbocycles. The van der Waals surface area contributed by atoms with Crippen molar-refractivity contribution in [2.75, 3.05) is 0 Å². The fourth-order valence-corrected chi connectivity index (χ4v) is 2.84. The molecule has 2 aromatic rings. The second kappa shape index (κ2) is 7.06. The average Bonchev–Trinajstić information content (AvgIpc) is 2.92. The van der Waals surface area contributed by atoms with E-state index in [1.165, 1.54) is 24.3 Å². The number of benzene rings is 1. The summed E-state index contributed by atoms with van der Waals surface area (Å²) in [6, 6.07) is 11.5. The van der Waals surface area contributed by atoms with Gasteiger partial charge in [0, 0.05) is 33.3 Å². The Hall–Kier alpha value is -2.11. The number of hydrogen-bond donors (Lipinski definition) is 2. The highest BCUT2D eigenvalue weighted by Gasteiger charge is 2.05. The van der Waals surface area contributed by atoms with Gasteiger partial charge in [-0.15, -0.1) is 11.3 Å². The van der Waals surface area contributed by atoms with Crippen LogP contribution >= 0.6 is 22.9 Å². The molecule has 2 amide bonds. The van der Waals surface area contributed by atoms with Gasteiger partial charge < -0.3 is 0 Å². The Bertz CT molecular complexity index is 694. The third kappa shape index (κ3) is 4.44. The summed E-state index contributed by atoms with van der Waals surface area (Å²) in [4.78, 5) is 24.0. The van der Waals surface area contributed by atoms with Crippen LogP contribution in [0.3, 0.4) is 0 Å². The van der Waals surface area contributed by atoms with Crippen LogP contribution in [0, 0.1) is 0 Å². The normalized spacial score (nSPS) is 10.6. The molecule has 4 nitrogen and oxygen atoms in total. The molecule has 108 valence electrons. The summed E-state index contributed by atoms with van der Waals surface area (Å²) in [6.45, 7) is 1.32. The van der Waals surface area contributed by atoms with E-state index in [0.29, 0.717) is 5.02 Å². The largest absolute Gasteiger partial charge is 0.274 e. The van der Waals surface area contributed by atoms with E-state index in [1.54, 1.807) is 6.08 Å². The number of halogens is 1. The van der Waals surface area contributed by atoms with Gasteiger partial charge in [0.05, 0.1) is 0 Å². The molecule has 0 radical (unpaired) electrons. The van der Waals surface area contributed by atoms with Crippen LogP contribution in [0.5, 0.6) is 0 Å². The van der Waals surface area contributed by atoms with Gasteiger partial charge in [0.15, 0.2) is 0 Å². The van der Waals surface area contributed by atoms with Gasteiger partial charge >= 0.3 is 0 Å². The van der Waals surface area contributed by atoms with Crippen LogP contribution in [0.25, 0.3) is 16.5 Å². The van der Waals surface area contributed by atoms with E-state index in [2.05, 4.69) is 10.9 Å². The van der Waals surface area contributed by atoms with Crippen molar-refractivity contribution in [2.45, 2.75) is 6.92 Å². The second-order valence-corrected chi connectivity index (χ2v) is 5.71. The number of hydrogen-bond acceptors (Lipinski definition) is 3. The van der Waals surface area contributed by atoms with Crippen molar-refractivity contribution < 1.29 is 9.59 Å². The highest BCUT2D eigenvalue weighted by molar-refractivity contribution is 7.16. The summed E-state index contributed by atoms with van der Waals surface area (Å²) in [5.41, 5.74) is 5.44. The topological polar surface area (TPSA) is 58.2 Å². The quantitative estimate of drug-likeness (QED) is 0.673. The molecule has 0 bridgehead atoms. The third-order valence-electron chi connectivity index (χ3n) is 2.53. The predicted octanol–water partition coefficient (Wildman–Crippen LogP) is 3.25. The van der Waals surface area contributed by atoms with Gasteiger partial charge in [-0.3, -0.25) is 20.4 Å². The number of nitrogens with one attached hydrogen (secondary N) is 2. The Morgan fingerprint density at radius 2 is 1.90 bits per heavy atom. The summed E-state index contributed by atoms with van der Waals surface area (Å²) in [5, 5.41) is 0.693. The Kier molecular flexibility index (Phi) is 5.14. The van der Waals surface area contributed by atoms with Crippen molar-refractivity contribution in [1.82, 2.24) is 10.9 Å². The van der Waals surface area contributed by atoms with Crippen LogP contribution in [0.2, 0.25) is 5.02 Å². The van der Waals surface area contributed by atoms with Crippen molar-refractivity contribution in [3.63, 3.8) is 0 Å². The van der Waals surface area contributed by atoms with Gasteiger partial charge in [-0.1, -0.05) is 29.8 Å². The monoisotopic (exact) mass is 320 g/mol. The van der Waals surface area contributed by atoms with E-state index in [0.717, 1.165) is 15.3 Å². The zero-order chi connectivity index (χ0) is 15.2. The maximum atomic E-state index is 11.4. The molecular formula is C15H13ClN2O2S. The van der Waals surface area contributed by atoms with E-state index in [1.807, 2.05) is 36.4 Å². The fraction of sp³-hybridized carbons (Fsp3) is 0.0667. The highest BCUT2D eigenvalue weighted by atomic mass is 35.5. The molecule has 0 spiro atoms. The van der Waals surface area contributed by atoms with Gasteiger partial charge in [0.2, 0.25) is 5.91 Å². The van der Waals surface area contributed by atoms with Crippen molar-refractivity contribution in [3.05, 3.63) is 52.4 Å². The van der Waals surface area contributed by atoms with Crippen LogP contribution in [0.15, 0.2) is 42.5 Å². The van der Waals surface area contributed by atoms with Crippen molar-refractivity contribution in [2.24, 2.45) is 0 Å². The number of carbonyl (C=O) groups is 2. The van der Waals surface area contributed by atoms with Crippen molar-refractivity contribution >= 4 is 40.8 Å². The summed E-state index contributed by atoms with van der Waals surface area (Å²) in [6.07, 6.45) is 3.04. The van der Waals surface area contributed by atoms with Crippen LogP contribution in [-0.2, 0) is 9.59 Å². The van der Waals surface area contributed by atoms with E-state index in [9.17, 15) is 9.59 Å². The van der Waals surface area contributed by atoms with Crippen LogP contribution < -0.4 is 10.9 Å². The molecule has 2 rings (SSSR count). The maximum absolute atomic E-state index is 11.4. The van der Waals surface area contributed by atoms with Crippen molar-refractivity contribution in [1.29, 1.82) is 0 Å². The molecule has 0 saturated carbocycles. The molecule has 1 heterocycles. The van der Waals surface area contributed by atoms with Gasteiger partial charge in [-0.25, -0.2) is 0 Å². The molecular weight excluding hydrogens is 308 g/mol. The van der Waals surface area contributed by atoms with E-state index in [4.69, 9.17) is 11.6 Å². The average molecular weight is 321 g/mol. The molecule has 0 atom stereocenters. The molecule has 6 heteroatoms. The smallest absolute Gasteiger partial charge is 0.262 e. The summed E-state index contributed by atoms with van der Waals surface area (Å²) in [7, 11) is 0. The number of amides is 2. The molecule has 1 aromatic heterocycles. The number of rotatable bonds is 3. The van der Waals surface area contributed by atoms with Crippen molar-refractivity contribution in [3.8, 4) is 10.4 Å². The standard InChI is InChI=1S/C15H13ClN2O2S/c1-10(19)17-18-15(20)9-7-11-6-8-14(21-11)12-4-2-3-5-13(12)16/h2-9H,1H3,(H,17,19)(H,18,20)/b9-7+. The minimum atomic E-state index is -0.391. The lowest BCUT2D eigenvalue weighted by atomic mass is 10.2. The minimum absolute atomic E-state index is 0.325. The van der Waals surface area contributed by atoms with Crippen LogP contribution in [0.1, 0.15) is 11.8 Å². The summed E-state index contributed by atoms with van der Waals surface area (Å²) in [5.74, 6) is -0.716. The SMILES string of the molecule is CC(=O)NNC(=O)/C=C/c1ccc(-c2ccccc2Cl)s1. The molecule has 2 N–H and O–H groups in total. The maximum Gasteiger partial charge on any atom is 0.262 e.